The number of rotatable bonds is 5. The zero-order valence-corrected chi connectivity index (χ0v) is 19.5. The fourth-order valence-corrected chi connectivity index (χ4v) is 8.69. The molecule has 1 aromatic rings. The summed E-state index contributed by atoms with van der Waals surface area (Å²) in [4.78, 5) is 0. The van der Waals surface area contributed by atoms with Crippen molar-refractivity contribution in [1.29, 1.82) is 5.26 Å². The second-order valence-corrected chi connectivity index (χ2v) is 11.5. The van der Waals surface area contributed by atoms with Crippen LogP contribution in [-0.2, 0) is 4.74 Å². The molecular formula is C28H40N2O. The van der Waals surface area contributed by atoms with E-state index >= 15 is 0 Å². The van der Waals surface area contributed by atoms with E-state index in [-0.39, 0.29) is 0 Å². The minimum absolute atomic E-state index is 0.515. The van der Waals surface area contributed by atoms with E-state index in [1.165, 1.54) is 57.8 Å². The number of benzene rings is 1. The van der Waals surface area contributed by atoms with Gasteiger partial charge in [-0.15, -0.1) is 0 Å². The molecule has 4 saturated carbocycles. The molecule has 0 saturated heterocycles. The third-order valence-electron chi connectivity index (χ3n) is 10.2. The largest absolute Gasteiger partial charge is 0.385 e. The lowest BCUT2D eigenvalue weighted by Gasteiger charge is -2.56. The summed E-state index contributed by atoms with van der Waals surface area (Å²) in [6.07, 6.45) is 13.0. The first kappa shape index (κ1) is 21.3. The molecule has 8 atom stereocenters. The molecule has 0 bridgehead atoms. The molecule has 4 aliphatic rings. The second kappa shape index (κ2) is 8.78. The van der Waals surface area contributed by atoms with Crippen LogP contribution in [0.25, 0.3) is 0 Å². The average Bonchev–Trinajstić information content (AvgIpc) is 3.14. The number of anilines is 1. The van der Waals surface area contributed by atoms with Crippen molar-refractivity contribution in [3.05, 3.63) is 29.8 Å². The van der Waals surface area contributed by atoms with Crippen molar-refractivity contribution in [2.45, 2.75) is 64.7 Å². The minimum Gasteiger partial charge on any atom is -0.385 e. The van der Waals surface area contributed by atoms with Gasteiger partial charge in [0.1, 0.15) is 0 Å². The summed E-state index contributed by atoms with van der Waals surface area (Å²) in [5.74, 6) is 6.52. The summed E-state index contributed by atoms with van der Waals surface area (Å²) in [5.41, 5.74) is 2.41. The first-order valence-electron chi connectivity index (χ1n) is 12.9. The van der Waals surface area contributed by atoms with Crippen molar-refractivity contribution < 1.29 is 4.74 Å². The molecule has 4 fully saturated rings. The molecule has 0 heterocycles. The van der Waals surface area contributed by atoms with Gasteiger partial charge in [0.25, 0.3) is 0 Å². The number of hydrogen-bond donors (Lipinski definition) is 1. The van der Waals surface area contributed by atoms with Gasteiger partial charge in [0.2, 0.25) is 0 Å². The highest BCUT2D eigenvalue weighted by Gasteiger charge is 2.56. The molecule has 1 aromatic carbocycles. The van der Waals surface area contributed by atoms with Crippen molar-refractivity contribution in [2.75, 3.05) is 25.6 Å². The van der Waals surface area contributed by atoms with Gasteiger partial charge in [-0.05, 0) is 129 Å². The Morgan fingerprint density at radius 2 is 1.81 bits per heavy atom. The minimum atomic E-state index is 0.515. The maximum atomic E-state index is 9.02. The van der Waals surface area contributed by atoms with Crippen molar-refractivity contribution in [1.82, 2.24) is 0 Å². The number of fused-ring (bicyclic) bond motifs is 5. The second-order valence-electron chi connectivity index (χ2n) is 11.5. The monoisotopic (exact) mass is 420 g/mol. The lowest BCUT2D eigenvalue weighted by molar-refractivity contribution is -0.0704. The predicted molar refractivity (Wildman–Crippen MR) is 126 cm³/mol. The smallest absolute Gasteiger partial charge is 0.0991 e. The Morgan fingerprint density at radius 3 is 2.58 bits per heavy atom. The van der Waals surface area contributed by atoms with E-state index in [1.54, 1.807) is 0 Å². The summed E-state index contributed by atoms with van der Waals surface area (Å²) in [5, 5.41) is 12.7. The van der Waals surface area contributed by atoms with Crippen molar-refractivity contribution in [3.63, 3.8) is 0 Å². The van der Waals surface area contributed by atoms with E-state index in [9.17, 15) is 0 Å². The Morgan fingerprint density at radius 1 is 1.00 bits per heavy atom. The van der Waals surface area contributed by atoms with E-state index in [0.29, 0.717) is 5.41 Å². The Hall–Kier alpha value is -1.53. The van der Waals surface area contributed by atoms with Crippen LogP contribution < -0.4 is 5.32 Å². The predicted octanol–water partition coefficient (Wildman–Crippen LogP) is 6.50. The highest BCUT2D eigenvalue weighted by molar-refractivity contribution is 5.47. The fraction of sp³-hybridized carbons (Fsp3) is 0.750. The first-order valence-corrected chi connectivity index (χ1v) is 12.9. The van der Waals surface area contributed by atoms with Crippen LogP contribution in [0.5, 0.6) is 0 Å². The number of methoxy groups -OCH3 is 1. The van der Waals surface area contributed by atoms with E-state index < -0.39 is 0 Å². The number of ether oxygens (including phenoxy) is 1. The van der Waals surface area contributed by atoms with E-state index in [1.807, 2.05) is 19.2 Å². The van der Waals surface area contributed by atoms with Gasteiger partial charge >= 0.3 is 0 Å². The molecule has 3 nitrogen and oxygen atoms in total. The fourth-order valence-electron chi connectivity index (χ4n) is 8.69. The molecule has 2 unspecified atom stereocenters. The summed E-state index contributed by atoms with van der Waals surface area (Å²) in [7, 11) is 1.87. The number of nitriles is 1. The van der Waals surface area contributed by atoms with Crippen LogP contribution in [0.15, 0.2) is 24.3 Å². The standard InChI is InChI=1S/C28H40N2O/c1-28-14-13-25-24-10-5-20(18-31-2)15-21(24)6-11-26(25)27(28)12-7-22(28)17-30-23-8-3-19(16-29)4-9-23/h3-4,8-9,20-22,24-27,30H,5-7,10-15,17-18H2,1-2H3/t20-,21+,22+,24-,25?,26+,27?,28+/m0/s1. The van der Waals surface area contributed by atoms with Gasteiger partial charge in [0, 0.05) is 25.9 Å². The van der Waals surface area contributed by atoms with Gasteiger partial charge in [-0.1, -0.05) is 6.92 Å². The maximum Gasteiger partial charge on any atom is 0.0991 e. The average molecular weight is 421 g/mol. The molecule has 0 amide bonds. The van der Waals surface area contributed by atoms with Crippen molar-refractivity contribution >= 4 is 5.69 Å². The van der Waals surface area contributed by atoms with Crippen LogP contribution in [0.4, 0.5) is 5.69 Å². The molecule has 0 spiro atoms. The van der Waals surface area contributed by atoms with E-state index in [0.717, 1.165) is 65.8 Å². The molecular weight excluding hydrogens is 380 g/mol. The highest BCUT2D eigenvalue weighted by atomic mass is 16.5. The Labute approximate surface area is 188 Å². The molecule has 0 aliphatic heterocycles. The SMILES string of the molecule is COC[C@H]1CC[C@@H]2C3CC[C@@]4(C)C(CC[C@@H]4CNc4ccc(C#N)cc4)[C@@H]3CC[C@@H]2C1. The molecule has 1 N–H and O–H groups in total. The quantitative estimate of drug-likeness (QED) is 0.591. The zero-order valence-electron chi connectivity index (χ0n) is 19.5. The number of nitrogens with one attached hydrogen (secondary N) is 1. The van der Waals surface area contributed by atoms with Gasteiger partial charge in [-0.25, -0.2) is 0 Å². The van der Waals surface area contributed by atoms with E-state index in [2.05, 4.69) is 30.4 Å². The van der Waals surface area contributed by atoms with Crippen LogP contribution in [0.3, 0.4) is 0 Å². The number of nitrogens with zero attached hydrogens (tertiary/aromatic N) is 1. The van der Waals surface area contributed by atoms with Crippen LogP contribution in [0, 0.1) is 58.2 Å². The lowest BCUT2D eigenvalue weighted by atomic mass is 9.49. The Balaban J connectivity index is 1.23. The molecule has 168 valence electrons. The zero-order chi connectivity index (χ0) is 21.4. The molecule has 0 radical (unpaired) electrons. The van der Waals surface area contributed by atoms with Crippen molar-refractivity contribution in [2.24, 2.45) is 46.8 Å². The number of hydrogen-bond acceptors (Lipinski definition) is 3. The third-order valence-corrected chi connectivity index (χ3v) is 10.2. The van der Waals surface area contributed by atoms with Gasteiger partial charge < -0.3 is 10.1 Å². The first-order chi connectivity index (χ1) is 15.1. The van der Waals surface area contributed by atoms with Crippen molar-refractivity contribution in [3.8, 4) is 6.07 Å². The van der Waals surface area contributed by atoms with Gasteiger partial charge in [0.05, 0.1) is 11.6 Å². The van der Waals surface area contributed by atoms with Gasteiger partial charge in [-0.3, -0.25) is 0 Å². The molecule has 4 aliphatic carbocycles. The van der Waals surface area contributed by atoms with Crippen LogP contribution in [0.1, 0.15) is 70.3 Å². The van der Waals surface area contributed by atoms with Gasteiger partial charge in [-0.2, -0.15) is 5.26 Å². The summed E-state index contributed by atoms with van der Waals surface area (Å²) >= 11 is 0. The molecule has 3 heteroatoms. The molecule has 31 heavy (non-hydrogen) atoms. The topological polar surface area (TPSA) is 45.0 Å². The lowest BCUT2D eigenvalue weighted by Crippen LogP contribution is -2.49. The Kier molecular flexibility index (Phi) is 6.04. The summed E-state index contributed by atoms with van der Waals surface area (Å²) < 4.78 is 5.50. The molecule has 0 aromatic heterocycles. The van der Waals surface area contributed by atoms with Crippen LogP contribution >= 0.6 is 0 Å². The maximum absolute atomic E-state index is 9.02. The van der Waals surface area contributed by atoms with Crippen LogP contribution in [0.2, 0.25) is 0 Å². The molecule has 5 rings (SSSR count). The van der Waals surface area contributed by atoms with Crippen LogP contribution in [-0.4, -0.2) is 20.3 Å². The van der Waals surface area contributed by atoms with E-state index in [4.69, 9.17) is 10.00 Å². The van der Waals surface area contributed by atoms with Gasteiger partial charge in [0.15, 0.2) is 0 Å². The third kappa shape index (κ3) is 3.91. The summed E-state index contributed by atoms with van der Waals surface area (Å²) in [6.45, 7) is 4.69. The summed E-state index contributed by atoms with van der Waals surface area (Å²) in [6, 6.07) is 10.2. The normalized spacial score (nSPS) is 41.5. The highest BCUT2D eigenvalue weighted by Crippen LogP contribution is 2.64. The Bertz CT molecular complexity index is 798.